The van der Waals surface area contributed by atoms with Gasteiger partial charge in [-0.1, -0.05) is 40.5 Å². The van der Waals surface area contributed by atoms with Gasteiger partial charge in [0.05, 0.1) is 0 Å². The number of amides is 1. The van der Waals surface area contributed by atoms with Crippen LogP contribution in [0.15, 0.2) is 0 Å². The van der Waals surface area contributed by atoms with Gasteiger partial charge in [0.15, 0.2) is 0 Å². The Morgan fingerprint density at radius 1 is 1.31 bits per heavy atom. The summed E-state index contributed by atoms with van der Waals surface area (Å²) in [4.78, 5) is 11.9. The lowest BCUT2D eigenvalue weighted by Gasteiger charge is -2.27. The smallest absolute Gasteiger partial charge is 0.235 e. The maximum Gasteiger partial charge on any atom is 0.235 e. The van der Waals surface area contributed by atoms with Crippen molar-refractivity contribution in [3.05, 3.63) is 0 Å². The van der Waals surface area contributed by atoms with Crippen LogP contribution < -0.4 is 0 Å². The van der Waals surface area contributed by atoms with Gasteiger partial charge in [-0.3, -0.25) is 9.10 Å². The summed E-state index contributed by atoms with van der Waals surface area (Å²) in [5, 5.41) is 0. The van der Waals surface area contributed by atoms with Gasteiger partial charge in [0.25, 0.3) is 0 Å². The Kier molecular flexibility index (Phi) is 9.32. The molecule has 1 amide bonds. The van der Waals surface area contributed by atoms with Gasteiger partial charge in [-0.05, 0) is 30.8 Å². The van der Waals surface area contributed by atoms with E-state index in [-0.39, 0.29) is 17.9 Å². The molecule has 0 aromatic rings. The highest BCUT2D eigenvalue weighted by atomic mass is 32.2. The van der Waals surface area contributed by atoms with Crippen LogP contribution in [0, 0.1) is 5.92 Å². The van der Waals surface area contributed by atoms with Crippen molar-refractivity contribution in [2.24, 2.45) is 5.92 Å². The molecule has 4 heteroatoms. The average Bonchev–Trinajstić information content (AvgIpc) is 2.32. The van der Waals surface area contributed by atoms with Gasteiger partial charge in [0.2, 0.25) is 5.91 Å². The third-order valence-electron chi connectivity index (χ3n) is 2.88. The lowest BCUT2D eigenvalue weighted by Crippen LogP contribution is -2.36. The van der Waals surface area contributed by atoms with Gasteiger partial charge in [-0.15, -0.1) is 0 Å². The van der Waals surface area contributed by atoms with Gasteiger partial charge < -0.3 is 0 Å². The van der Waals surface area contributed by atoms with Gasteiger partial charge >= 0.3 is 0 Å². The largest absolute Gasteiger partial charge is 0.286 e. The third kappa shape index (κ3) is 5.48. The molecule has 0 heterocycles. The molecule has 0 aromatic carbocycles. The van der Waals surface area contributed by atoms with Crippen LogP contribution in [-0.4, -0.2) is 27.8 Å². The van der Waals surface area contributed by atoms with Crippen LogP contribution in [0.5, 0.6) is 0 Å². The molecule has 2 atom stereocenters. The third-order valence-corrected chi connectivity index (χ3v) is 4.33. The predicted octanol–water partition coefficient (Wildman–Crippen LogP) is 3.63. The topological polar surface area (TPSA) is 20.3 Å². The van der Waals surface area contributed by atoms with E-state index in [0.29, 0.717) is 0 Å². The molecule has 0 N–H and O–H groups in total. The van der Waals surface area contributed by atoms with E-state index in [1.54, 1.807) is 4.31 Å². The van der Waals surface area contributed by atoms with Crippen LogP contribution in [0.1, 0.15) is 47.0 Å². The molecule has 96 valence electrons. The highest BCUT2D eigenvalue weighted by Crippen LogP contribution is 2.18. The first-order valence-corrected chi connectivity index (χ1v) is 7.73. The Labute approximate surface area is 110 Å². The SMILES string of the molecule is CCSCCC(CC)N(S)C(=O)C(C)CC. The Balaban J connectivity index is 4.18. The Bertz CT molecular complexity index is 199. The standard InChI is InChI=1S/C12H25NOS2/c1-5-10(4)12(14)13(15)11(6-2)8-9-16-7-3/h10-11,15H,5-9H2,1-4H3. The summed E-state index contributed by atoms with van der Waals surface area (Å²) in [6.45, 7) is 8.29. The molecule has 2 unspecified atom stereocenters. The molecule has 0 aromatic heterocycles. The highest BCUT2D eigenvalue weighted by molar-refractivity contribution is 7.99. The van der Waals surface area contributed by atoms with E-state index in [4.69, 9.17) is 0 Å². The van der Waals surface area contributed by atoms with Crippen molar-refractivity contribution >= 4 is 30.5 Å². The fraction of sp³-hybridized carbons (Fsp3) is 0.917. The van der Waals surface area contributed by atoms with E-state index in [1.807, 2.05) is 25.6 Å². The molecule has 0 aliphatic rings. The lowest BCUT2D eigenvalue weighted by molar-refractivity contribution is -0.131. The highest BCUT2D eigenvalue weighted by Gasteiger charge is 2.22. The fourth-order valence-corrected chi connectivity index (χ4v) is 2.65. The second-order valence-corrected chi connectivity index (χ2v) is 5.86. The quantitative estimate of drug-likeness (QED) is 0.533. The maximum absolute atomic E-state index is 11.9. The molecule has 0 bridgehead atoms. The zero-order chi connectivity index (χ0) is 12.6. The molecule has 0 aliphatic carbocycles. The molecule has 0 saturated heterocycles. The van der Waals surface area contributed by atoms with E-state index in [9.17, 15) is 4.79 Å². The van der Waals surface area contributed by atoms with E-state index in [1.165, 1.54) is 0 Å². The Morgan fingerprint density at radius 3 is 2.38 bits per heavy atom. The average molecular weight is 263 g/mol. The molecule has 0 radical (unpaired) electrons. The van der Waals surface area contributed by atoms with E-state index >= 15 is 0 Å². The van der Waals surface area contributed by atoms with Crippen LogP contribution in [0.3, 0.4) is 0 Å². The minimum Gasteiger partial charge on any atom is -0.286 e. The van der Waals surface area contributed by atoms with Crippen molar-refractivity contribution in [1.82, 2.24) is 4.31 Å². The van der Waals surface area contributed by atoms with Crippen molar-refractivity contribution in [3.8, 4) is 0 Å². The zero-order valence-electron chi connectivity index (χ0n) is 10.9. The van der Waals surface area contributed by atoms with Crippen molar-refractivity contribution in [2.75, 3.05) is 11.5 Å². The molecule has 2 nitrogen and oxygen atoms in total. The number of hydrogen-bond donors (Lipinski definition) is 1. The van der Waals surface area contributed by atoms with Gasteiger partial charge in [0, 0.05) is 12.0 Å². The van der Waals surface area contributed by atoms with Crippen LogP contribution >= 0.6 is 24.6 Å². The lowest BCUT2D eigenvalue weighted by atomic mass is 10.1. The van der Waals surface area contributed by atoms with E-state index in [0.717, 1.165) is 30.8 Å². The fourth-order valence-electron chi connectivity index (χ4n) is 1.44. The zero-order valence-corrected chi connectivity index (χ0v) is 12.6. The molecule has 0 aliphatic heterocycles. The molecule has 0 spiro atoms. The Morgan fingerprint density at radius 2 is 1.94 bits per heavy atom. The van der Waals surface area contributed by atoms with Crippen molar-refractivity contribution in [3.63, 3.8) is 0 Å². The van der Waals surface area contributed by atoms with Crippen LogP contribution in [0.25, 0.3) is 0 Å². The van der Waals surface area contributed by atoms with Crippen LogP contribution in [-0.2, 0) is 4.79 Å². The van der Waals surface area contributed by atoms with E-state index < -0.39 is 0 Å². The first-order chi connectivity index (χ1) is 7.58. The second kappa shape index (κ2) is 9.23. The van der Waals surface area contributed by atoms with Crippen molar-refractivity contribution < 1.29 is 4.79 Å². The summed E-state index contributed by atoms with van der Waals surface area (Å²) in [6, 6.07) is 0.281. The second-order valence-electron chi connectivity index (χ2n) is 4.04. The summed E-state index contributed by atoms with van der Waals surface area (Å²) < 4.78 is 1.66. The monoisotopic (exact) mass is 263 g/mol. The first-order valence-electron chi connectivity index (χ1n) is 6.18. The molecule has 0 saturated carbocycles. The minimum atomic E-state index is 0.0883. The Hall–Kier alpha value is 0.170. The molecular formula is C12H25NOS2. The predicted molar refractivity (Wildman–Crippen MR) is 77.0 cm³/mol. The maximum atomic E-state index is 11.9. The number of thioether (sulfide) groups is 1. The molecule has 0 rings (SSSR count). The van der Waals surface area contributed by atoms with Gasteiger partial charge in [-0.25, -0.2) is 0 Å². The van der Waals surface area contributed by atoms with E-state index in [2.05, 4.69) is 26.7 Å². The summed E-state index contributed by atoms with van der Waals surface area (Å²) in [5.41, 5.74) is 0. The number of hydrogen-bond acceptors (Lipinski definition) is 3. The van der Waals surface area contributed by atoms with Gasteiger partial charge in [0.1, 0.15) is 0 Å². The van der Waals surface area contributed by atoms with Crippen molar-refractivity contribution in [2.45, 2.75) is 53.0 Å². The summed E-state index contributed by atoms with van der Waals surface area (Å²) in [7, 11) is 0. The number of carbonyl (C=O) groups is 1. The molecule has 16 heavy (non-hydrogen) atoms. The number of nitrogens with zero attached hydrogens (tertiary/aromatic N) is 1. The number of rotatable bonds is 8. The molecular weight excluding hydrogens is 238 g/mol. The van der Waals surface area contributed by atoms with Crippen LogP contribution in [0.4, 0.5) is 0 Å². The summed E-state index contributed by atoms with van der Waals surface area (Å²) >= 11 is 6.29. The van der Waals surface area contributed by atoms with Crippen LogP contribution in [0.2, 0.25) is 0 Å². The van der Waals surface area contributed by atoms with Gasteiger partial charge in [-0.2, -0.15) is 11.8 Å². The van der Waals surface area contributed by atoms with Crippen molar-refractivity contribution in [1.29, 1.82) is 0 Å². The summed E-state index contributed by atoms with van der Waals surface area (Å²) in [5.74, 6) is 2.51. The number of carbonyl (C=O) groups excluding carboxylic acids is 1. The minimum absolute atomic E-state index is 0.0883. The normalized spacial score (nSPS) is 14.6. The first kappa shape index (κ1) is 16.2. The number of thiol groups is 1. The summed E-state index contributed by atoms with van der Waals surface area (Å²) in [6.07, 6.45) is 2.91. The molecule has 0 fully saturated rings.